The number of esters is 1. The number of quaternary nitrogens is 1. The maximum absolute atomic E-state index is 12.8. The zero-order valence-electron chi connectivity index (χ0n) is 48.1. The molecule has 2 atom stereocenters. The number of carbonyl (C=O) groups excluding carboxylic acids is 1. The largest absolute Gasteiger partial charge is 0.472 e. The highest BCUT2D eigenvalue weighted by molar-refractivity contribution is 7.47. The Bertz CT molecular complexity index is 1090. The van der Waals surface area contributed by atoms with Gasteiger partial charge < -0.3 is 18.9 Å². The number of hydrogen-bond donors (Lipinski definition) is 1. The maximum Gasteiger partial charge on any atom is 0.472 e. The molecule has 0 aromatic rings. The van der Waals surface area contributed by atoms with Gasteiger partial charge in [0.25, 0.3) is 0 Å². The van der Waals surface area contributed by atoms with Crippen LogP contribution in [0.3, 0.4) is 0 Å². The van der Waals surface area contributed by atoms with Gasteiger partial charge in [0, 0.05) is 13.0 Å². The van der Waals surface area contributed by atoms with Gasteiger partial charge in [-0.25, -0.2) is 4.57 Å². The topological polar surface area (TPSA) is 91.3 Å². The molecule has 0 aromatic heterocycles. The molecule has 420 valence electrons. The third kappa shape index (κ3) is 58.4. The SMILES string of the molecule is CCCCCCCCCCCCCCCCCCCCCCCCCCCCCCCCCCCCC(=O)O[C@H](COCCCCCCCCCCCCCCCC)COP(=O)(O)OCC[N+](C)(C)C. The van der Waals surface area contributed by atoms with Gasteiger partial charge in [-0.15, -0.1) is 0 Å². The first-order chi connectivity index (χ1) is 34.1. The highest BCUT2D eigenvalue weighted by Gasteiger charge is 2.26. The van der Waals surface area contributed by atoms with E-state index in [1.54, 1.807) is 0 Å². The van der Waals surface area contributed by atoms with E-state index in [9.17, 15) is 14.3 Å². The summed E-state index contributed by atoms with van der Waals surface area (Å²) in [4.78, 5) is 23.1. The van der Waals surface area contributed by atoms with Crippen molar-refractivity contribution >= 4 is 13.8 Å². The minimum Gasteiger partial charge on any atom is -0.457 e. The smallest absolute Gasteiger partial charge is 0.457 e. The number of rotatable bonds is 60. The van der Waals surface area contributed by atoms with Crippen LogP contribution in [-0.4, -0.2) is 75.6 Å². The van der Waals surface area contributed by atoms with E-state index in [0.29, 0.717) is 24.1 Å². The van der Waals surface area contributed by atoms with Gasteiger partial charge in [-0.3, -0.25) is 13.8 Å². The average molecular weight is 1020 g/mol. The Kier molecular flexibility index (Phi) is 54.4. The Balaban J connectivity index is 3.82. The molecule has 8 nitrogen and oxygen atoms in total. The van der Waals surface area contributed by atoms with Gasteiger partial charge in [-0.05, 0) is 12.8 Å². The molecule has 0 radical (unpaired) electrons. The quantitative estimate of drug-likeness (QED) is 0.0281. The second-order valence-corrected chi connectivity index (χ2v) is 24.3. The van der Waals surface area contributed by atoms with Crippen LogP contribution in [-0.2, 0) is 27.9 Å². The van der Waals surface area contributed by atoms with Crippen molar-refractivity contribution in [2.24, 2.45) is 0 Å². The zero-order valence-corrected chi connectivity index (χ0v) is 48.9. The van der Waals surface area contributed by atoms with E-state index in [1.165, 1.54) is 276 Å². The Morgan fingerprint density at radius 1 is 0.386 bits per heavy atom. The first-order valence-corrected chi connectivity index (χ1v) is 32.8. The van der Waals surface area contributed by atoms with Crippen molar-refractivity contribution < 1.29 is 37.3 Å². The fourth-order valence-corrected chi connectivity index (χ4v) is 10.4. The van der Waals surface area contributed by atoms with Crippen molar-refractivity contribution in [2.75, 3.05) is 54.1 Å². The number of phosphoric ester groups is 1. The summed E-state index contributed by atoms with van der Waals surface area (Å²) in [6.45, 7) is 5.72. The van der Waals surface area contributed by atoms with Gasteiger partial charge in [0.1, 0.15) is 19.3 Å². The van der Waals surface area contributed by atoms with E-state index in [-0.39, 0.29) is 25.8 Å². The number of ether oxygens (including phenoxy) is 2. The fraction of sp³-hybridized carbons (Fsp3) is 0.984. The summed E-state index contributed by atoms with van der Waals surface area (Å²) < 4.78 is 35.3. The molecule has 9 heteroatoms. The van der Waals surface area contributed by atoms with Crippen molar-refractivity contribution in [3.63, 3.8) is 0 Å². The molecule has 1 N–H and O–H groups in total. The third-order valence-corrected chi connectivity index (χ3v) is 15.4. The number of likely N-dealkylation sites (N-methyl/N-ethyl adjacent to an activating group) is 1. The van der Waals surface area contributed by atoms with Crippen LogP contribution < -0.4 is 0 Å². The molecule has 0 fully saturated rings. The van der Waals surface area contributed by atoms with Crippen LogP contribution in [0.4, 0.5) is 0 Å². The number of nitrogens with zero attached hydrogens (tertiary/aromatic N) is 1. The summed E-state index contributed by atoms with van der Waals surface area (Å²) in [5.74, 6) is -0.302. The Morgan fingerprint density at radius 3 is 0.943 bits per heavy atom. The summed E-state index contributed by atoms with van der Waals surface area (Å²) in [6, 6.07) is 0. The van der Waals surface area contributed by atoms with Crippen LogP contribution in [0, 0.1) is 0 Å². The first kappa shape index (κ1) is 69.5. The van der Waals surface area contributed by atoms with Gasteiger partial charge >= 0.3 is 13.8 Å². The number of unbranched alkanes of at least 4 members (excludes halogenated alkanes) is 46. The van der Waals surface area contributed by atoms with Crippen LogP contribution in [0.25, 0.3) is 0 Å². The molecule has 0 rings (SSSR count). The van der Waals surface area contributed by atoms with Crippen LogP contribution in [0.15, 0.2) is 0 Å². The molecule has 0 spiro atoms. The summed E-state index contributed by atoms with van der Waals surface area (Å²) in [7, 11) is 1.69. The molecule has 0 aromatic carbocycles. The lowest BCUT2D eigenvalue weighted by Gasteiger charge is -2.24. The highest BCUT2D eigenvalue weighted by atomic mass is 31.2. The number of phosphoric acid groups is 1. The second-order valence-electron chi connectivity index (χ2n) is 22.8. The molecule has 0 saturated carbocycles. The van der Waals surface area contributed by atoms with Crippen LogP contribution >= 0.6 is 7.82 Å². The Morgan fingerprint density at radius 2 is 0.657 bits per heavy atom. The summed E-state index contributed by atoms with van der Waals surface area (Å²) >= 11 is 0. The highest BCUT2D eigenvalue weighted by Crippen LogP contribution is 2.43. The molecule has 0 saturated heterocycles. The summed E-state index contributed by atoms with van der Waals surface area (Å²) in [5, 5.41) is 0. The fourth-order valence-electron chi connectivity index (χ4n) is 9.62. The number of carbonyl (C=O) groups is 1. The van der Waals surface area contributed by atoms with Crippen LogP contribution in [0.5, 0.6) is 0 Å². The van der Waals surface area contributed by atoms with E-state index in [4.69, 9.17) is 18.5 Å². The summed E-state index contributed by atoms with van der Waals surface area (Å²) in [5.41, 5.74) is 0. The lowest BCUT2D eigenvalue weighted by atomic mass is 10.0. The van der Waals surface area contributed by atoms with E-state index >= 15 is 0 Å². The normalized spacial score (nSPS) is 13.3. The van der Waals surface area contributed by atoms with Gasteiger partial charge in [0.2, 0.25) is 0 Å². The predicted molar refractivity (Wildman–Crippen MR) is 303 cm³/mol. The van der Waals surface area contributed by atoms with E-state index < -0.39 is 13.9 Å². The maximum atomic E-state index is 12.8. The van der Waals surface area contributed by atoms with Gasteiger partial charge in [-0.1, -0.05) is 309 Å². The number of hydrogen-bond acceptors (Lipinski definition) is 6. The van der Waals surface area contributed by atoms with E-state index in [2.05, 4.69) is 13.8 Å². The molecule has 0 bridgehead atoms. The van der Waals surface area contributed by atoms with Crippen LogP contribution in [0.1, 0.15) is 328 Å². The molecule has 1 unspecified atom stereocenters. The lowest BCUT2D eigenvalue weighted by molar-refractivity contribution is -0.870. The molecular formula is C61H125NO7P+. The zero-order chi connectivity index (χ0) is 51.2. The van der Waals surface area contributed by atoms with Crippen LogP contribution in [0.2, 0.25) is 0 Å². The van der Waals surface area contributed by atoms with Gasteiger partial charge in [-0.2, -0.15) is 0 Å². The second kappa shape index (κ2) is 54.8. The lowest BCUT2D eigenvalue weighted by Crippen LogP contribution is -2.37. The molecular weight excluding hydrogens is 890 g/mol. The van der Waals surface area contributed by atoms with Crippen molar-refractivity contribution in [1.82, 2.24) is 0 Å². The standard InChI is InChI=1S/C61H124NO7P/c1-6-8-10-12-14-16-18-20-22-23-24-25-26-27-28-29-30-31-32-33-34-35-36-37-38-39-40-41-42-44-46-48-50-52-54-61(63)69-60(59-68-70(64,65)67-57-55-62(3,4)5)58-66-56-53-51-49-47-45-43-21-19-17-15-13-11-9-7-2/h60H,6-59H2,1-5H3/p+1/t60-/m1/s1. The third-order valence-electron chi connectivity index (χ3n) is 14.4. The van der Waals surface area contributed by atoms with E-state index in [1.807, 2.05) is 21.1 Å². The Hall–Kier alpha value is -0.500. The average Bonchev–Trinajstić information content (AvgIpc) is 3.32. The van der Waals surface area contributed by atoms with Crippen molar-refractivity contribution in [3.8, 4) is 0 Å². The van der Waals surface area contributed by atoms with Gasteiger partial charge in [0.05, 0.1) is 34.4 Å². The predicted octanol–water partition coefficient (Wildman–Crippen LogP) is 19.9. The van der Waals surface area contributed by atoms with E-state index in [0.717, 1.165) is 32.1 Å². The van der Waals surface area contributed by atoms with Crippen molar-refractivity contribution in [2.45, 2.75) is 335 Å². The Labute approximate surface area is 438 Å². The molecule has 0 aliphatic heterocycles. The monoisotopic (exact) mass is 1010 g/mol. The first-order valence-electron chi connectivity index (χ1n) is 31.3. The van der Waals surface area contributed by atoms with Crippen molar-refractivity contribution in [3.05, 3.63) is 0 Å². The van der Waals surface area contributed by atoms with Gasteiger partial charge in [0.15, 0.2) is 0 Å². The molecule has 0 aliphatic carbocycles. The molecule has 0 aliphatic rings. The molecule has 70 heavy (non-hydrogen) atoms. The van der Waals surface area contributed by atoms with Crippen molar-refractivity contribution in [1.29, 1.82) is 0 Å². The minimum atomic E-state index is -4.28. The molecule has 0 heterocycles. The summed E-state index contributed by atoms with van der Waals surface area (Å²) in [6.07, 6.45) is 64.9. The minimum absolute atomic E-state index is 0.0943. The molecule has 0 amide bonds.